The Morgan fingerprint density at radius 3 is 1.88 bits per heavy atom. The van der Waals surface area contributed by atoms with Crippen LogP contribution in [0.15, 0.2) is 180 Å². The Bertz CT molecular complexity index is 3390. The molecule has 10 aromatic rings. The molecule has 0 spiro atoms. The number of aromatic nitrogens is 2. The molecular weight excluding hydrogens is 731 g/mol. The summed E-state index contributed by atoms with van der Waals surface area (Å²) in [5.74, 6) is 0.685. The first-order valence-corrected chi connectivity index (χ1v) is 20.8. The van der Waals surface area contributed by atoms with Crippen molar-refractivity contribution in [2.75, 3.05) is 4.90 Å². The van der Waals surface area contributed by atoms with Gasteiger partial charge >= 0.3 is 0 Å². The third kappa shape index (κ3) is 4.97. The van der Waals surface area contributed by atoms with Crippen LogP contribution in [0.5, 0.6) is 0 Å². The predicted molar refractivity (Wildman–Crippen MR) is 247 cm³/mol. The summed E-state index contributed by atoms with van der Waals surface area (Å²) >= 11 is 0. The number of hydrogen-bond donors (Lipinski definition) is 0. The molecule has 0 saturated heterocycles. The second-order valence-corrected chi connectivity index (χ2v) is 17.4. The van der Waals surface area contributed by atoms with Crippen molar-refractivity contribution in [2.24, 2.45) is 0 Å². The van der Waals surface area contributed by atoms with Crippen molar-refractivity contribution in [3.8, 4) is 44.9 Å². The Hall–Kier alpha value is -7.30. The zero-order chi connectivity index (χ0) is 40.3. The lowest BCUT2D eigenvalue weighted by Gasteiger charge is -2.30. The summed E-state index contributed by atoms with van der Waals surface area (Å²) in [5.41, 5.74) is 19.2. The Labute approximate surface area is 349 Å². The fourth-order valence-electron chi connectivity index (χ4n) is 10.2. The molecule has 0 bridgehead atoms. The van der Waals surface area contributed by atoms with E-state index >= 15 is 0 Å². The van der Waals surface area contributed by atoms with E-state index in [0.29, 0.717) is 5.82 Å². The van der Waals surface area contributed by atoms with E-state index < -0.39 is 0 Å². The van der Waals surface area contributed by atoms with Gasteiger partial charge in [0.2, 0.25) is 0 Å². The molecule has 0 N–H and O–H groups in total. The number of hydrogen-bond acceptors (Lipinski definition) is 4. The first kappa shape index (κ1) is 34.7. The zero-order valence-electron chi connectivity index (χ0n) is 34.0. The summed E-state index contributed by atoms with van der Waals surface area (Å²) in [6.07, 6.45) is 0. The number of fused-ring (bicyclic) bond motifs is 10. The topological polar surface area (TPSA) is 42.2 Å². The van der Waals surface area contributed by atoms with Crippen molar-refractivity contribution in [3.05, 3.63) is 198 Å². The van der Waals surface area contributed by atoms with Gasteiger partial charge in [0.05, 0.1) is 16.9 Å². The van der Waals surface area contributed by atoms with E-state index in [1.54, 1.807) is 0 Å². The van der Waals surface area contributed by atoms with Crippen molar-refractivity contribution in [2.45, 2.75) is 38.5 Å². The van der Waals surface area contributed by atoms with Crippen LogP contribution >= 0.6 is 0 Å². The van der Waals surface area contributed by atoms with Gasteiger partial charge in [-0.25, -0.2) is 9.97 Å². The van der Waals surface area contributed by atoms with Gasteiger partial charge in [0, 0.05) is 55.1 Å². The van der Waals surface area contributed by atoms with Gasteiger partial charge < -0.3 is 9.32 Å². The van der Waals surface area contributed by atoms with Crippen LogP contribution in [0.25, 0.3) is 77.7 Å². The van der Waals surface area contributed by atoms with Crippen LogP contribution in [0.2, 0.25) is 0 Å². The third-order valence-corrected chi connectivity index (χ3v) is 13.3. The maximum Gasteiger partial charge on any atom is 0.160 e. The largest absolute Gasteiger partial charge is 0.456 e. The van der Waals surface area contributed by atoms with Crippen LogP contribution in [0.3, 0.4) is 0 Å². The minimum Gasteiger partial charge on any atom is -0.456 e. The molecule has 4 nitrogen and oxygen atoms in total. The summed E-state index contributed by atoms with van der Waals surface area (Å²) in [4.78, 5) is 12.8. The average molecular weight is 772 g/mol. The highest BCUT2D eigenvalue weighted by Gasteiger charge is 2.39. The van der Waals surface area contributed by atoms with Crippen molar-refractivity contribution in [1.29, 1.82) is 0 Å². The second-order valence-electron chi connectivity index (χ2n) is 17.4. The molecule has 2 heterocycles. The zero-order valence-corrected chi connectivity index (χ0v) is 34.0. The van der Waals surface area contributed by atoms with E-state index in [1.165, 1.54) is 44.5 Å². The Kier molecular flexibility index (Phi) is 7.29. The average Bonchev–Trinajstić information content (AvgIpc) is 3.85. The summed E-state index contributed by atoms with van der Waals surface area (Å²) in [5, 5.41) is 3.10. The number of furan rings is 1. The molecule has 12 rings (SSSR count). The maximum atomic E-state index is 6.56. The lowest BCUT2D eigenvalue weighted by Crippen LogP contribution is -2.17. The quantitative estimate of drug-likeness (QED) is 0.175. The number of benzene rings is 8. The molecule has 0 aliphatic heterocycles. The predicted octanol–water partition coefficient (Wildman–Crippen LogP) is 14.9. The van der Waals surface area contributed by atoms with Crippen molar-refractivity contribution < 1.29 is 4.42 Å². The molecule has 2 aliphatic carbocycles. The molecular formula is C56H41N3O. The van der Waals surface area contributed by atoms with E-state index in [2.05, 4.69) is 190 Å². The van der Waals surface area contributed by atoms with E-state index in [4.69, 9.17) is 14.4 Å². The molecule has 286 valence electrons. The third-order valence-electron chi connectivity index (χ3n) is 13.3. The monoisotopic (exact) mass is 771 g/mol. The molecule has 0 atom stereocenters. The summed E-state index contributed by atoms with van der Waals surface area (Å²) in [6.45, 7) is 9.41. The summed E-state index contributed by atoms with van der Waals surface area (Å²) in [6, 6.07) is 63.3. The molecule has 2 aromatic heterocycles. The first-order chi connectivity index (χ1) is 29.3. The summed E-state index contributed by atoms with van der Waals surface area (Å²) in [7, 11) is 0. The van der Waals surface area contributed by atoms with Gasteiger partial charge in [0.25, 0.3) is 0 Å². The second kappa shape index (κ2) is 12.6. The van der Waals surface area contributed by atoms with Gasteiger partial charge in [-0.3, -0.25) is 0 Å². The maximum absolute atomic E-state index is 6.56. The highest BCUT2D eigenvalue weighted by atomic mass is 16.3. The van der Waals surface area contributed by atoms with E-state index in [-0.39, 0.29) is 10.8 Å². The standard InChI is InChI=1S/C56H41N3O/c1-55(2)45-21-12-9-18-40(45)52-46(55)22-14-24-49(52)59(37-26-28-39-38-17-8-11-20-44(38)56(3,4)47(39)33-37)36-27-30-51-43(32-36)42-31-35(25-29-50(42)60-51)54-57-48-23-13-10-19-41(48)53(58-54)34-15-6-5-7-16-34/h5-33H,1-4H3. The van der Waals surface area contributed by atoms with Crippen molar-refractivity contribution in [3.63, 3.8) is 0 Å². The highest BCUT2D eigenvalue weighted by Crippen LogP contribution is 2.56. The molecule has 0 fully saturated rings. The molecule has 0 amide bonds. The lowest BCUT2D eigenvalue weighted by molar-refractivity contribution is 0.660. The van der Waals surface area contributed by atoms with Gasteiger partial charge in [0.15, 0.2) is 5.82 Å². The van der Waals surface area contributed by atoms with Gasteiger partial charge in [0.1, 0.15) is 11.2 Å². The molecule has 4 heteroatoms. The molecule has 0 unspecified atom stereocenters. The minimum absolute atomic E-state index is 0.137. The van der Waals surface area contributed by atoms with Gasteiger partial charge in [-0.05, 0) is 99.6 Å². The number of rotatable bonds is 5. The van der Waals surface area contributed by atoms with Crippen LogP contribution in [0.1, 0.15) is 49.9 Å². The van der Waals surface area contributed by atoms with Crippen molar-refractivity contribution in [1.82, 2.24) is 9.97 Å². The first-order valence-electron chi connectivity index (χ1n) is 20.8. The number of nitrogens with zero attached hydrogens (tertiary/aromatic N) is 3. The van der Waals surface area contributed by atoms with E-state index in [1.807, 2.05) is 18.2 Å². The molecule has 60 heavy (non-hydrogen) atoms. The van der Waals surface area contributed by atoms with Gasteiger partial charge in [-0.2, -0.15) is 0 Å². The number of para-hydroxylation sites is 1. The summed E-state index contributed by atoms with van der Waals surface area (Å²) < 4.78 is 6.56. The van der Waals surface area contributed by atoms with E-state index in [9.17, 15) is 0 Å². The normalized spacial score (nSPS) is 14.3. The van der Waals surface area contributed by atoms with Crippen LogP contribution in [-0.4, -0.2) is 9.97 Å². The molecule has 0 radical (unpaired) electrons. The fourth-order valence-corrected chi connectivity index (χ4v) is 10.2. The van der Waals surface area contributed by atoms with Gasteiger partial charge in [-0.1, -0.05) is 143 Å². The smallest absolute Gasteiger partial charge is 0.160 e. The SMILES string of the molecule is CC1(C)c2ccccc2-c2ccc(N(c3ccc4oc5ccc(-c6nc(-c7ccccc7)c7ccccc7n6)cc5c4c3)c3cccc4c3-c3ccccc3C4(C)C)cc21. The number of anilines is 3. The van der Waals surface area contributed by atoms with Crippen molar-refractivity contribution >= 4 is 49.9 Å². The van der Waals surface area contributed by atoms with Gasteiger partial charge in [-0.15, -0.1) is 0 Å². The molecule has 8 aromatic carbocycles. The fraction of sp³-hybridized carbons (Fsp3) is 0.107. The Morgan fingerprint density at radius 1 is 0.433 bits per heavy atom. The lowest BCUT2D eigenvalue weighted by atomic mass is 9.82. The van der Waals surface area contributed by atoms with Crippen LogP contribution in [0.4, 0.5) is 17.1 Å². The van der Waals surface area contributed by atoms with E-state index in [0.717, 1.165) is 66.7 Å². The van der Waals surface area contributed by atoms with Crippen LogP contribution in [-0.2, 0) is 10.8 Å². The van der Waals surface area contributed by atoms with Crippen LogP contribution in [0, 0.1) is 0 Å². The van der Waals surface area contributed by atoms with Crippen LogP contribution < -0.4 is 4.90 Å². The Balaban J connectivity index is 1.07. The Morgan fingerprint density at radius 2 is 1.05 bits per heavy atom. The minimum atomic E-state index is -0.146. The molecule has 0 saturated carbocycles. The molecule has 2 aliphatic rings. The highest BCUT2D eigenvalue weighted by molar-refractivity contribution is 6.08.